The van der Waals surface area contributed by atoms with Gasteiger partial charge in [0, 0.05) is 29.1 Å². The van der Waals surface area contributed by atoms with Gasteiger partial charge in [0.25, 0.3) is 5.69 Å². The molecule has 0 aliphatic carbocycles. The maximum Gasteiger partial charge on any atom is 0.269 e. The van der Waals surface area contributed by atoms with E-state index in [-0.39, 0.29) is 17.3 Å². The number of carbonyl (C=O) groups excluding carboxylic acids is 1. The number of methoxy groups -OCH3 is 1. The Morgan fingerprint density at radius 2 is 1.73 bits per heavy atom. The van der Waals surface area contributed by atoms with Crippen LogP contribution in [0.5, 0.6) is 5.75 Å². The quantitative estimate of drug-likeness (QED) is 0.232. The van der Waals surface area contributed by atoms with Crippen LogP contribution in [0.1, 0.15) is 0 Å². The number of amides is 1. The lowest BCUT2D eigenvalue weighted by atomic mass is 10.2. The van der Waals surface area contributed by atoms with Crippen molar-refractivity contribution in [2.45, 2.75) is 5.16 Å². The highest BCUT2D eigenvalue weighted by molar-refractivity contribution is 7.99. The minimum absolute atomic E-state index is 0.0376. The lowest BCUT2D eigenvalue weighted by molar-refractivity contribution is -0.384. The molecule has 1 aromatic heterocycles. The van der Waals surface area contributed by atoms with Gasteiger partial charge in [-0.1, -0.05) is 30.0 Å². The summed E-state index contributed by atoms with van der Waals surface area (Å²) < 4.78 is 7.13. The number of anilines is 1. The molecule has 1 amide bonds. The van der Waals surface area contributed by atoms with Gasteiger partial charge >= 0.3 is 0 Å². The Morgan fingerprint density at radius 1 is 1.03 bits per heavy atom. The van der Waals surface area contributed by atoms with Crippen LogP contribution in [0.25, 0.3) is 17.1 Å². The van der Waals surface area contributed by atoms with E-state index >= 15 is 0 Å². The molecule has 0 fully saturated rings. The molecule has 3 aromatic carbocycles. The number of hydrogen-bond donors (Lipinski definition) is 1. The van der Waals surface area contributed by atoms with Crippen LogP contribution < -0.4 is 10.1 Å². The number of nitrogens with zero attached hydrogens (tertiary/aromatic N) is 4. The second-order valence-electron chi connectivity index (χ2n) is 6.85. The first-order valence-electron chi connectivity index (χ1n) is 9.87. The number of thioether (sulfide) groups is 1. The lowest BCUT2D eigenvalue weighted by Gasteiger charge is -2.11. The molecule has 4 rings (SSSR count). The monoisotopic (exact) mass is 461 g/mol. The van der Waals surface area contributed by atoms with Crippen LogP contribution in [0.3, 0.4) is 0 Å². The molecule has 0 radical (unpaired) electrons. The van der Waals surface area contributed by atoms with Gasteiger partial charge in [0.05, 0.1) is 17.8 Å². The fourth-order valence-electron chi connectivity index (χ4n) is 3.09. The number of rotatable bonds is 8. The second-order valence-corrected chi connectivity index (χ2v) is 7.79. The number of nitro benzene ring substituents is 1. The fourth-order valence-corrected chi connectivity index (χ4v) is 3.85. The highest BCUT2D eigenvalue weighted by Gasteiger charge is 2.17. The van der Waals surface area contributed by atoms with Crippen LogP contribution in [-0.2, 0) is 4.79 Å². The van der Waals surface area contributed by atoms with Crippen LogP contribution >= 0.6 is 11.8 Å². The van der Waals surface area contributed by atoms with E-state index in [1.54, 1.807) is 7.11 Å². The normalized spacial score (nSPS) is 10.6. The summed E-state index contributed by atoms with van der Waals surface area (Å²) in [6.45, 7) is 0. The molecule has 1 N–H and O–H groups in total. The minimum Gasteiger partial charge on any atom is -0.497 e. The highest BCUT2D eigenvalue weighted by Crippen LogP contribution is 2.29. The van der Waals surface area contributed by atoms with Gasteiger partial charge < -0.3 is 10.1 Å². The number of para-hydroxylation sites is 1. The molecule has 9 nitrogen and oxygen atoms in total. The molecule has 0 atom stereocenters. The lowest BCUT2D eigenvalue weighted by Crippen LogP contribution is -2.14. The summed E-state index contributed by atoms with van der Waals surface area (Å²) in [5, 5.41) is 22.7. The predicted octanol–water partition coefficient (Wildman–Crippen LogP) is 4.58. The molecule has 0 aliphatic rings. The summed E-state index contributed by atoms with van der Waals surface area (Å²) >= 11 is 1.24. The Bertz CT molecular complexity index is 1260. The van der Waals surface area contributed by atoms with Crippen LogP contribution in [0.4, 0.5) is 11.4 Å². The third kappa shape index (κ3) is 5.18. The maximum absolute atomic E-state index is 12.5. The molecule has 33 heavy (non-hydrogen) atoms. The van der Waals surface area contributed by atoms with Crippen LogP contribution in [0, 0.1) is 10.1 Å². The van der Waals surface area contributed by atoms with Gasteiger partial charge in [0.1, 0.15) is 5.75 Å². The Kier molecular flexibility index (Phi) is 6.65. The van der Waals surface area contributed by atoms with Crippen molar-refractivity contribution >= 4 is 29.0 Å². The van der Waals surface area contributed by atoms with Crippen LogP contribution in [0.15, 0.2) is 84.0 Å². The summed E-state index contributed by atoms with van der Waals surface area (Å²) in [6, 6.07) is 22.8. The molecule has 0 saturated carbocycles. The standard InChI is InChI=1S/C23H19N5O4S/c1-32-20-13-7-16(8-14-20)22-25-26-23(27(22)18-5-3-2-4-6-18)33-15-21(29)24-17-9-11-19(12-10-17)28(30)31/h2-14H,15H2,1H3,(H,24,29). The van der Waals surface area contributed by atoms with E-state index in [2.05, 4.69) is 15.5 Å². The van der Waals surface area contributed by atoms with Crippen molar-refractivity contribution in [2.24, 2.45) is 0 Å². The molecular formula is C23H19N5O4S. The summed E-state index contributed by atoms with van der Waals surface area (Å²) in [7, 11) is 1.61. The molecule has 0 spiro atoms. The van der Waals surface area contributed by atoms with Gasteiger partial charge in [0.15, 0.2) is 11.0 Å². The van der Waals surface area contributed by atoms with Gasteiger partial charge in [-0.05, 0) is 48.5 Å². The Labute approximate surface area is 193 Å². The molecule has 0 unspecified atom stereocenters. The Morgan fingerprint density at radius 3 is 2.36 bits per heavy atom. The van der Waals surface area contributed by atoms with E-state index in [4.69, 9.17) is 4.74 Å². The minimum atomic E-state index is -0.488. The second kappa shape index (κ2) is 9.96. The number of nitrogens with one attached hydrogen (secondary N) is 1. The number of carbonyl (C=O) groups is 1. The van der Waals surface area contributed by atoms with Crippen molar-refractivity contribution in [1.82, 2.24) is 14.8 Å². The SMILES string of the molecule is COc1ccc(-c2nnc(SCC(=O)Nc3ccc([N+](=O)[O-])cc3)n2-c2ccccc2)cc1. The first-order chi connectivity index (χ1) is 16.0. The van der Waals surface area contributed by atoms with Gasteiger partial charge in [-0.2, -0.15) is 0 Å². The fraction of sp³-hybridized carbons (Fsp3) is 0.0870. The average molecular weight is 462 g/mol. The van der Waals surface area contributed by atoms with Gasteiger partial charge in [-0.15, -0.1) is 10.2 Å². The first kappa shape index (κ1) is 22.0. The zero-order valence-corrected chi connectivity index (χ0v) is 18.4. The van der Waals surface area contributed by atoms with E-state index in [0.29, 0.717) is 16.7 Å². The molecule has 0 saturated heterocycles. The van der Waals surface area contributed by atoms with Crippen molar-refractivity contribution in [2.75, 3.05) is 18.2 Å². The molecule has 166 valence electrons. The van der Waals surface area contributed by atoms with Crippen molar-refractivity contribution in [3.8, 4) is 22.8 Å². The summed E-state index contributed by atoms with van der Waals surface area (Å²) in [5.74, 6) is 1.21. The number of benzene rings is 3. The van der Waals surface area contributed by atoms with Gasteiger partial charge in [-0.25, -0.2) is 0 Å². The first-order valence-corrected chi connectivity index (χ1v) is 10.9. The topological polar surface area (TPSA) is 112 Å². The van der Waals surface area contributed by atoms with E-state index in [1.165, 1.54) is 36.0 Å². The van der Waals surface area contributed by atoms with Crippen molar-refractivity contribution in [1.29, 1.82) is 0 Å². The van der Waals surface area contributed by atoms with Gasteiger partial charge in [-0.3, -0.25) is 19.5 Å². The van der Waals surface area contributed by atoms with Crippen molar-refractivity contribution in [3.05, 3.63) is 89.0 Å². The van der Waals surface area contributed by atoms with Crippen molar-refractivity contribution < 1.29 is 14.5 Å². The predicted molar refractivity (Wildman–Crippen MR) is 126 cm³/mol. The van der Waals surface area contributed by atoms with Gasteiger partial charge in [0.2, 0.25) is 5.91 Å². The van der Waals surface area contributed by atoms with E-state index in [0.717, 1.165) is 17.0 Å². The summed E-state index contributed by atoms with van der Waals surface area (Å²) in [6.07, 6.45) is 0. The molecular weight excluding hydrogens is 442 g/mol. The van der Waals surface area contributed by atoms with E-state index in [9.17, 15) is 14.9 Å². The average Bonchev–Trinajstić information content (AvgIpc) is 3.27. The Balaban J connectivity index is 1.54. The third-order valence-electron chi connectivity index (χ3n) is 4.69. The maximum atomic E-state index is 12.5. The smallest absolute Gasteiger partial charge is 0.269 e. The summed E-state index contributed by atoms with van der Waals surface area (Å²) in [5.41, 5.74) is 2.17. The number of aromatic nitrogens is 3. The molecule has 0 aliphatic heterocycles. The number of ether oxygens (including phenoxy) is 1. The number of hydrogen-bond acceptors (Lipinski definition) is 7. The van der Waals surface area contributed by atoms with E-state index in [1.807, 2.05) is 59.2 Å². The Hall–Kier alpha value is -4.18. The molecule has 1 heterocycles. The largest absolute Gasteiger partial charge is 0.497 e. The zero-order valence-electron chi connectivity index (χ0n) is 17.5. The number of non-ortho nitro benzene ring substituents is 1. The summed E-state index contributed by atoms with van der Waals surface area (Å²) in [4.78, 5) is 22.7. The molecule has 4 aromatic rings. The third-order valence-corrected chi connectivity index (χ3v) is 5.62. The molecule has 10 heteroatoms. The molecule has 0 bridgehead atoms. The highest BCUT2D eigenvalue weighted by atomic mass is 32.2. The van der Waals surface area contributed by atoms with E-state index < -0.39 is 4.92 Å². The van der Waals surface area contributed by atoms with Crippen LogP contribution in [-0.4, -0.2) is 38.5 Å². The van der Waals surface area contributed by atoms with Crippen LogP contribution in [0.2, 0.25) is 0 Å². The number of nitro groups is 1. The van der Waals surface area contributed by atoms with Crippen molar-refractivity contribution in [3.63, 3.8) is 0 Å². The zero-order chi connectivity index (χ0) is 23.2.